The Morgan fingerprint density at radius 3 is 2.65 bits per heavy atom. The SMILES string of the molecule is CCc1nnc(COc2c(Cl)cc(CN)cc2OC)o1. The van der Waals surface area contributed by atoms with Crippen molar-refractivity contribution in [1.82, 2.24) is 10.2 Å². The van der Waals surface area contributed by atoms with Crippen LogP contribution in [0.3, 0.4) is 0 Å². The minimum atomic E-state index is 0.130. The molecule has 0 saturated carbocycles. The first-order valence-electron chi connectivity index (χ1n) is 6.18. The average Bonchev–Trinajstić information content (AvgIpc) is 2.93. The summed E-state index contributed by atoms with van der Waals surface area (Å²) in [4.78, 5) is 0. The fourth-order valence-corrected chi connectivity index (χ4v) is 1.94. The van der Waals surface area contributed by atoms with Crippen molar-refractivity contribution in [3.63, 3.8) is 0 Å². The zero-order valence-electron chi connectivity index (χ0n) is 11.4. The van der Waals surface area contributed by atoms with Gasteiger partial charge in [-0.2, -0.15) is 0 Å². The number of hydrogen-bond donors (Lipinski definition) is 1. The number of halogens is 1. The molecule has 2 N–H and O–H groups in total. The third-order valence-electron chi connectivity index (χ3n) is 2.68. The summed E-state index contributed by atoms with van der Waals surface area (Å²) in [6.45, 7) is 2.44. The lowest BCUT2D eigenvalue weighted by molar-refractivity contribution is 0.247. The van der Waals surface area contributed by atoms with E-state index in [1.165, 1.54) is 0 Å². The number of ether oxygens (including phenoxy) is 2. The van der Waals surface area contributed by atoms with Crippen LogP contribution in [0.5, 0.6) is 11.5 Å². The number of benzene rings is 1. The van der Waals surface area contributed by atoms with Gasteiger partial charge in [0.2, 0.25) is 5.89 Å². The van der Waals surface area contributed by atoms with E-state index in [-0.39, 0.29) is 6.61 Å². The third kappa shape index (κ3) is 3.20. The second-order valence-corrected chi connectivity index (χ2v) is 4.45. The van der Waals surface area contributed by atoms with Gasteiger partial charge in [0.15, 0.2) is 18.1 Å². The molecule has 108 valence electrons. The Balaban J connectivity index is 2.16. The van der Waals surface area contributed by atoms with E-state index in [1.54, 1.807) is 19.2 Å². The van der Waals surface area contributed by atoms with E-state index in [4.69, 9.17) is 31.2 Å². The van der Waals surface area contributed by atoms with Gasteiger partial charge in [-0.15, -0.1) is 10.2 Å². The summed E-state index contributed by atoms with van der Waals surface area (Å²) in [5, 5.41) is 8.17. The van der Waals surface area contributed by atoms with E-state index in [1.807, 2.05) is 6.92 Å². The van der Waals surface area contributed by atoms with Crippen LogP contribution in [0, 0.1) is 0 Å². The van der Waals surface area contributed by atoms with E-state index in [0.717, 1.165) is 5.56 Å². The van der Waals surface area contributed by atoms with Gasteiger partial charge in [-0.3, -0.25) is 0 Å². The standard InChI is InChI=1S/C13H16ClN3O3/c1-3-11-16-17-12(20-11)7-19-13-9(14)4-8(6-15)5-10(13)18-2/h4-5H,3,6-7,15H2,1-2H3. The van der Waals surface area contributed by atoms with Crippen molar-refractivity contribution >= 4 is 11.6 Å². The van der Waals surface area contributed by atoms with Crippen LogP contribution in [0.1, 0.15) is 24.3 Å². The fraction of sp³-hybridized carbons (Fsp3) is 0.385. The van der Waals surface area contributed by atoms with Crippen molar-refractivity contribution in [1.29, 1.82) is 0 Å². The molecule has 0 aliphatic heterocycles. The van der Waals surface area contributed by atoms with Crippen LogP contribution in [0.25, 0.3) is 0 Å². The van der Waals surface area contributed by atoms with Gasteiger partial charge in [-0.25, -0.2) is 0 Å². The Hall–Kier alpha value is -1.79. The molecule has 7 heteroatoms. The highest BCUT2D eigenvalue weighted by atomic mass is 35.5. The second-order valence-electron chi connectivity index (χ2n) is 4.04. The molecule has 0 fully saturated rings. The summed E-state index contributed by atoms with van der Waals surface area (Å²) in [5.41, 5.74) is 6.45. The molecule has 1 aromatic carbocycles. The molecular formula is C13H16ClN3O3. The van der Waals surface area contributed by atoms with Gasteiger partial charge in [0.25, 0.3) is 5.89 Å². The van der Waals surface area contributed by atoms with E-state index < -0.39 is 0 Å². The predicted octanol–water partition coefficient (Wildman–Crippen LogP) is 2.33. The first-order valence-corrected chi connectivity index (χ1v) is 6.56. The molecule has 1 heterocycles. The van der Waals surface area contributed by atoms with Crippen LogP contribution in [0.15, 0.2) is 16.5 Å². The molecular weight excluding hydrogens is 282 g/mol. The van der Waals surface area contributed by atoms with Gasteiger partial charge < -0.3 is 19.6 Å². The third-order valence-corrected chi connectivity index (χ3v) is 2.96. The molecule has 6 nitrogen and oxygen atoms in total. The molecule has 0 aliphatic carbocycles. The lowest BCUT2D eigenvalue weighted by Crippen LogP contribution is -2.02. The molecule has 2 aromatic rings. The summed E-state index contributed by atoms with van der Waals surface area (Å²) >= 11 is 6.16. The Bertz CT molecular complexity index is 586. The van der Waals surface area contributed by atoms with E-state index in [2.05, 4.69) is 10.2 Å². The van der Waals surface area contributed by atoms with Crippen LogP contribution in [-0.2, 0) is 19.6 Å². The molecule has 1 aromatic heterocycles. The topological polar surface area (TPSA) is 83.4 Å². The van der Waals surface area contributed by atoms with Gasteiger partial charge >= 0.3 is 0 Å². The van der Waals surface area contributed by atoms with E-state index >= 15 is 0 Å². The maximum atomic E-state index is 6.16. The quantitative estimate of drug-likeness (QED) is 0.881. The molecule has 0 aliphatic rings. The van der Waals surface area contributed by atoms with Crippen molar-refractivity contribution in [2.45, 2.75) is 26.5 Å². The highest BCUT2D eigenvalue weighted by Crippen LogP contribution is 2.36. The smallest absolute Gasteiger partial charge is 0.253 e. The van der Waals surface area contributed by atoms with Gasteiger partial charge in [-0.05, 0) is 17.7 Å². The number of methoxy groups -OCH3 is 1. The average molecular weight is 298 g/mol. The number of nitrogens with zero attached hydrogens (tertiary/aromatic N) is 2. The minimum absolute atomic E-state index is 0.130. The molecule has 0 radical (unpaired) electrons. The maximum absolute atomic E-state index is 6.16. The van der Waals surface area contributed by atoms with Gasteiger partial charge in [0.1, 0.15) is 0 Å². The first-order chi connectivity index (χ1) is 9.67. The molecule has 20 heavy (non-hydrogen) atoms. The molecule has 2 rings (SSSR count). The lowest BCUT2D eigenvalue weighted by atomic mass is 10.2. The summed E-state index contributed by atoms with van der Waals surface area (Å²) in [6, 6.07) is 3.52. The summed E-state index contributed by atoms with van der Waals surface area (Å²) in [6.07, 6.45) is 0.683. The number of hydrogen-bond acceptors (Lipinski definition) is 6. The van der Waals surface area contributed by atoms with Crippen molar-refractivity contribution in [3.05, 3.63) is 34.5 Å². The Kier molecular flexibility index (Phi) is 4.81. The van der Waals surface area contributed by atoms with Crippen LogP contribution < -0.4 is 15.2 Å². The predicted molar refractivity (Wildman–Crippen MR) is 73.9 cm³/mol. The molecule has 0 atom stereocenters. The normalized spacial score (nSPS) is 10.6. The van der Waals surface area contributed by atoms with Crippen molar-refractivity contribution in [2.75, 3.05) is 7.11 Å². The van der Waals surface area contributed by atoms with Crippen LogP contribution in [0.2, 0.25) is 5.02 Å². The number of aromatic nitrogens is 2. The van der Waals surface area contributed by atoms with Crippen LogP contribution >= 0.6 is 11.6 Å². The summed E-state index contributed by atoms with van der Waals surface area (Å²) in [5.74, 6) is 1.92. The Labute approximate surface area is 121 Å². The summed E-state index contributed by atoms with van der Waals surface area (Å²) in [7, 11) is 1.54. The second kappa shape index (κ2) is 6.58. The number of rotatable bonds is 6. The van der Waals surface area contributed by atoms with Crippen molar-refractivity contribution in [2.24, 2.45) is 5.73 Å². The molecule has 0 bridgehead atoms. The first kappa shape index (κ1) is 14.6. The monoisotopic (exact) mass is 297 g/mol. The summed E-state index contributed by atoms with van der Waals surface area (Å²) < 4.78 is 16.2. The molecule has 0 amide bonds. The Morgan fingerprint density at radius 2 is 2.05 bits per heavy atom. The van der Waals surface area contributed by atoms with Crippen molar-refractivity contribution < 1.29 is 13.9 Å². The minimum Gasteiger partial charge on any atom is -0.493 e. The molecule has 0 unspecified atom stereocenters. The van der Waals surface area contributed by atoms with Gasteiger partial charge in [-0.1, -0.05) is 18.5 Å². The van der Waals surface area contributed by atoms with Crippen LogP contribution in [0.4, 0.5) is 0 Å². The largest absolute Gasteiger partial charge is 0.493 e. The van der Waals surface area contributed by atoms with E-state index in [0.29, 0.717) is 41.3 Å². The zero-order chi connectivity index (χ0) is 14.5. The number of aryl methyl sites for hydroxylation is 1. The maximum Gasteiger partial charge on any atom is 0.253 e. The van der Waals surface area contributed by atoms with Crippen LogP contribution in [-0.4, -0.2) is 17.3 Å². The lowest BCUT2D eigenvalue weighted by Gasteiger charge is -2.12. The zero-order valence-corrected chi connectivity index (χ0v) is 12.1. The Morgan fingerprint density at radius 1 is 1.30 bits per heavy atom. The molecule has 0 spiro atoms. The van der Waals surface area contributed by atoms with Gasteiger partial charge in [0, 0.05) is 13.0 Å². The number of nitrogens with two attached hydrogens (primary N) is 1. The van der Waals surface area contributed by atoms with Gasteiger partial charge in [0.05, 0.1) is 12.1 Å². The molecule has 0 saturated heterocycles. The fourth-order valence-electron chi connectivity index (χ4n) is 1.65. The highest BCUT2D eigenvalue weighted by Gasteiger charge is 2.13. The van der Waals surface area contributed by atoms with E-state index in [9.17, 15) is 0 Å². The highest BCUT2D eigenvalue weighted by molar-refractivity contribution is 6.32. The van der Waals surface area contributed by atoms with Crippen molar-refractivity contribution in [3.8, 4) is 11.5 Å².